The lowest BCUT2D eigenvalue weighted by Gasteiger charge is -2.12. The minimum Gasteiger partial charge on any atom is -0.481 e. The van der Waals surface area contributed by atoms with Crippen LogP contribution in [0.3, 0.4) is 0 Å². The van der Waals surface area contributed by atoms with Crippen molar-refractivity contribution in [1.29, 1.82) is 0 Å². The minimum atomic E-state index is -1.27. The fraction of sp³-hybridized carbons (Fsp3) is 0.250. The monoisotopic (exact) mass is 317 g/mol. The van der Waals surface area contributed by atoms with Gasteiger partial charge in [0.15, 0.2) is 0 Å². The number of carboxylic acids is 2. The Kier molecular flexibility index (Phi) is 6.33. The molecule has 0 unspecified atom stereocenters. The van der Waals surface area contributed by atoms with Crippen LogP contribution >= 0.6 is 23.4 Å². The average molecular weight is 318 g/mol. The Labute approximate surface area is 124 Å². The third-order valence-corrected chi connectivity index (χ3v) is 3.32. The molecule has 0 saturated carbocycles. The normalized spacial score (nSPS) is 11.7. The third-order valence-electron chi connectivity index (χ3n) is 2.26. The van der Waals surface area contributed by atoms with Crippen LogP contribution in [0.2, 0.25) is 5.02 Å². The van der Waals surface area contributed by atoms with Gasteiger partial charge in [0.2, 0.25) is 0 Å². The van der Waals surface area contributed by atoms with Crippen molar-refractivity contribution in [2.75, 3.05) is 0 Å². The number of aliphatic carboxylic acids is 2. The van der Waals surface area contributed by atoms with Crippen molar-refractivity contribution in [1.82, 2.24) is 5.32 Å². The van der Waals surface area contributed by atoms with E-state index in [1.807, 2.05) is 0 Å². The quantitative estimate of drug-likeness (QED) is 0.696. The van der Waals surface area contributed by atoms with Crippen LogP contribution in [0.25, 0.3) is 0 Å². The highest BCUT2D eigenvalue weighted by Gasteiger charge is 2.21. The van der Waals surface area contributed by atoms with Crippen molar-refractivity contribution in [2.45, 2.75) is 23.8 Å². The summed E-state index contributed by atoms with van der Waals surface area (Å²) in [4.78, 5) is 33.6. The molecule has 1 atom stereocenters. The number of nitrogens with one attached hydrogen (secondary N) is 1. The summed E-state index contributed by atoms with van der Waals surface area (Å²) in [5, 5.41) is 19.6. The second kappa shape index (κ2) is 7.76. The molecule has 0 aliphatic heterocycles. The first-order valence-corrected chi connectivity index (χ1v) is 6.76. The topological polar surface area (TPSA) is 104 Å². The summed E-state index contributed by atoms with van der Waals surface area (Å²) in [7, 11) is 0. The summed E-state index contributed by atoms with van der Waals surface area (Å²) in [6.07, 6.45) is -0.500. The Morgan fingerprint density at radius 2 is 1.80 bits per heavy atom. The molecule has 1 aromatic carbocycles. The van der Waals surface area contributed by atoms with Gasteiger partial charge in [-0.2, -0.15) is 0 Å². The van der Waals surface area contributed by atoms with Crippen LogP contribution in [0, 0.1) is 0 Å². The summed E-state index contributed by atoms with van der Waals surface area (Å²) in [5.41, 5.74) is 0. The lowest BCUT2D eigenvalue weighted by atomic mass is 10.1. The predicted molar refractivity (Wildman–Crippen MR) is 74.1 cm³/mol. The maximum absolute atomic E-state index is 11.7. The van der Waals surface area contributed by atoms with E-state index in [1.165, 1.54) is 0 Å². The molecule has 0 aliphatic rings. The van der Waals surface area contributed by atoms with Crippen LogP contribution < -0.4 is 5.32 Å². The number of carbonyl (C=O) groups excluding carboxylic acids is 1. The van der Waals surface area contributed by atoms with Crippen molar-refractivity contribution >= 4 is 40.5 Å². The molecule has 0 spiro atoms. The molecule has 0 heterocycles. The van der Waals surface area contributed by atoms with Gasteiger partial charge in [0.25, 0.3) is 5.24 Å². The van der Waals surface area contributed by atoms with Gasteiger partial charge in [0, 0.05) is 16.3 Å². The zero-order chi connectivity index (χ0) is 15.1. The molecule has 0 fully saturated rings. The largest absolute Gasteiger partial charge is 0.481 e. The van der Waals surface area contributed by atoms with E-state index in [4.69, 9.17) is 21.8 Å². The van der Waals surface area contributed by atoms with Gasteiger partial charge in [-0.05, 0) is 42.4 Å². The molecule has 108 valence electrons. The first kappa shape index (κ1) is 16.3. The second-order valence-electron chi connectivity index (χ2n) is 3.81. The molecule has 0 aromatic heterocycles. The van der Waals surface area contributed by atoms with Crippen LogP contribution in [0.15, 0.2) is 29.2 Å². The van der Waals surface area contributed by atoms with Crippen molar-refractivity contribution < 1.29 is 24.6 Å². The van der Waals surface area contributed by atoms with E-state index >= 15 is 0 Å². The standard InChI is InChI=1S/C12H12ClNO5S/c13-7-1-3-8(4-2-7)20-12(19)14-9(11(17)18)5-6-10(15)16/h1-4,9H,5-6H2,(H,14,19)(H,15,16)(H,17,18)/t9-/m0/s1. The van der Waals surface area contributed by atoms with Gasteiger partial charge < -0.3 is 15.5 Å². The van der Waals surface area contributed by atoms with E-state index in [9.17, 15) is 14.4 Å². The average Bonchev–Trinajstić information content (AvgIpc) is 2.36. The Balaban J connectivity index is 2.55. The van der Waals surface area contributed by atoms with E-state index in [1.54, 1.807) is 24.3 Å². The first-order valence-electron chi connectivity index (χ1n) is 5.57. The molecular weight excluding hydrogens is 306 g/mol. The van der Waals surface area contributed by atoms with Gasteiger partial charge in [0.05, 0.1) is 0 Å². The third kappa shape index (κ3) is 5.94. The van der Waals surface area contributed by atoms with Crippen LogP contribution in [0.5, 0.6) is 0 Å². The lowest BCUT2D eigenvalue weighted by molar-refractivity contribution is -0.140. The number of carbonyl (C=O) groups is 3. The van der Waals surface area contributed by atoms with Gasteiger partial charge in [-0.3, -0.25) is 9.59 Å². The van der Waals surface area contributed by atoms with E-state index in [0.29, 0.717) is 9.92 Å². The molecule has 3 N–H and O–H groups in total. The molecule has 1 amide bonds. The molecule has 6 nitrogen and oxygen atoms in total. The fourth-order valence-corrected chi connectivity index (χ4v) is 2.12. The number of carboxylic acid groups (broad SMARTS) is 2. The number of halogens is 1. The Morgan fingerprint density at radius 1 is 1.20 bits per heavy atom. The number of hydrogen-bond donors (Lipinski definition) is 3. The van der Waals surface area contributed by atoms with E-state index in [0.717, 1.165) is 11.8 Å². The fourth-order valence-electron chi connectivity index (χ4n) is 1.31. The summed E-state index contributed by atoms with van der Waals surface area (Å²) in [6, 6.07) is 5.24. The summed E-state index contributed by atoms with van der Waals surface area (Å²) < 4.78 is 0. The zero-order valence-electron chi connectivity index (χ0n) is 10.2. The highest BCUT2D eigenvalue weighted by atomic mass is 35.5. The summed E-state index contributed by atoms with van der Waals surface area (Å²) in [6.45, 7) is 0. The maximum atomic E-state index is 11.7. The van der Waals surface area contributed by atoms with E-state index in [-0.39, 0.29) is 12.8 Å². The lowest BCUT2D eigenvalue weighted by Crippen LogP contribution is -2.39. The number of hydrogen-bond acceptors (Lipinski definition) is 4. The molecular formula is C12H12ClNO5S. The highest BCUT2D eigenvalue weighted by molar-refractivity contribution is 8.13. The van der Waals surface area contributed by atoms with Gasteiger partial charge >= 0.3 is 11.9 Å². The highest BCUT2D eigenvalue weighted by Crippen LogP contribution is 2.21. The number of amides is 1. The van der Waals surface area contributed by atoms with Gasteiger partial charge in [0.1, 0.15) is 6.04 Å². The second-order valence-corrected chi connectivity index (χ2v) is 5.29. The van der Waals surface area contributed by atoms with Crippen LogP contribution in [-0.4, -0.2) is 33.4 Å². The molecule has 0 radical (unpaired) electrons. The van der Waals surface area contributed by atoms with Crippen LogP contribution in [0.4, 0.5) is 4.79 Å². The minimum absolute atomic E-state index is 0.169. The number of rotatable bonds is 6. The molecule has 0 aliphatic carbocycles. The van der Waals surface area contributed by atoms with E-state index in [2.05, 4.69) is 5.32 Å². The van der Waals surface area contributed by atoms with Crippen molar-refractivity contribution in [3.8, 4) is 0 Å². The SMILES string of the molecule is O=C(O)CC[C@H](NC(=O)Sc1ccc(Cl)cc1)C(=O)O. The van der Waals surface area contributed by atoms with Crippen LogP contribution in [-0.2, 0) is 9.59 Å². The summed E-state index contributed by atoms with van der Waals surface area (Å²) >= 11 is 6.51. The molecule has 1 aromatic rings. The predicted octanol–water partition coefficient (Wildman–Crippen LogP) is 2.46. The smallest absolute Gasteiger partial charge is 0.326 e. The van der Waals surface area contributed by atoms with Gasteiger partial charge in [-0.25, -0.2) is 4.79 Å². The number of benzene rings is 1. The molecule has 1 rings (SSSR count). The van der Waals surface area contributed by atoms with Crippen LogP contribution in [0.1, 0.15) is 12.8 Å². The molecule has 0 saturated heterocycles. The van der Waals surface area contributed by atoms with Crippen molar-refractivity contribution in [2.24, 2.45) is 0 Å². The Hall–Kier alpha value is -1.73. The van der Waals surface area contributed by atoms with E-state index < -0.39 is 23.2 Å². The zero-order valence-corrected chi connectivity index (χ0v) is 11.8. The maximum Gasteiger partial charge on any atom is 0.326 e. The molecule has 0 bridgehead atoms. The molecule has 20 heavy (non-hydrogen) atoms. The Bertz CT molecular complexity index is 505. The first-order chi connectivity index (χ1) is 9.38. The molecule has 8 heteroatoms. The summed E-state index contributed by atoms with van der Waals surface area (Å²) in [5.74, 6) is -2.38. The van der Waals surface area contributed by atoms with Gasteiger partial charge in [-0.1, -0.05) is 11.6 Å². The number of thioether (sulfide) groups is 1. The van der Waals surface area contributed by atoms with Gasteiger partial charge in [-0.15, -0.1) is 0 Å². The van der Waals surface area contributed by atoms with Crippen molar-refractivity contribution in [3.63, 3.8) is 0 Å². The Morgan fingerprint density at radius 3 is 2.30 bits per heavy atom. The van der Waals surface area contributed by atoms with Crippen molar-refractivity contribution in [3.05, 3.63) is 29.3 Å².